The molecule has 1 aromatic rings. The molecule has 1 aromatic carbocycles. The van der Waals surface area contributed by atoms with Gasteiger partial charge >= 0.3 is 5.97 Å². The predicted molar refractivity (Wildman–Crippen MR) is 74.7 cm³/mol. The zero-order valence-electron chi connectivity index (χ0n) is 12.0. The molecule has 0 saturated carbocycles. The first kappa shape index (κ1) is 14.9. The van der Waals surface area contributed by atoms with E-state index in [1.165, 1.54) is 24.3 Å². The van der Waals surface area contributed by atoms with Crippen molar-refractivity contribution in [1.29, 1.82) is 0 Å². The van der Waals surface area contributed by atoms with Crippen molar-refractivity contribution >= 4 is 35.3 Å². The summed E-state index contributed by atoms with van der Waals surface area (Å²) in [6, 6.07) is 5.72. The maximum absolute atomic E-state index is 12.1. The summed E-state index contributed by atoms with van der Waals surface area (Å²) in [5.41, 5.74) is 0.286. The van der Waals surface area contributed by atoms with Crippen molar-refractivity contribution in [2.75, 3.05) is 4.90 Å². The zero-order valence-corrected chi connectivity index (χ0v) is 12.0. The highest BCUT2D eigenvalue weighted by molar-refractivity contribution is 6.20. The van der Waals surface area contributed by atoms with Gasteiger partial charge in [0.15, 0.2) is 0 Å². The van der Waals surface area contributed by atoms with Crippen LogP contribution in [0.3, 0.4) is 0 Å². The van der Waals surface area contributed by atoms with Gasteiger partial charge in [-0.25, -0.2) is 4.79 Å². The van der Waals surface area contributed by atoms with Crippen LogP contribution in [-0.2, 0) is 24.0 Å². The maximum atomic E-state index is 12.1. The summed E-state index contributed by atoms with van der Waals surface area (Å²) in [6.45, 7) is 0. The minimum Gasteiger partial charge on any atom is -0.325 e. The molecule has 0 aliphatic carbocycles. The average molecular weight is 316 g/mol. The highest BCUT2D eigenvalue weighted by Crippen LogP contribution is 2.24. The van der Waals surface area contributed by atoms with Gasteiger partial charge in [0.25, 0.3) is 11.8 Å². The molecule has 0 N–H and O–H groups in total. The number of hydrogen-bond donors (Lipinski definition) is 0. The molecule has 2 fully saturated rings. The van der Waals surface area contributed by atoms with E-state index in [2.05, 4.69) is 0 Å². The first-order valence-corrected chi connectivity index (χ1v) is 7.01. The Morgan fingerprint density at radius 3 is 2.04 bits per heavy atom. The number of amides is 4. The number of carbonyl (C=O) groups excluding carboxylic acids is 5. The summed E-state index contributed by atoms with van der Waals surface area (Å²) < 4.78 is 0. The van der Waals surface area contributed by atoms with Crippen LogP contribution < -0.4 is 4.90 Å². The second kappa shape index (κ2) is 5.64. The minimum atomic E-state index is -0.908. The molecule has 2 saturated heterocycles. The third-order valence-corrected chi connectivity index (χ3v) is 3.57. The Morgan fingerprint density at radius 1 is 0.870 bits per heavy atom. The standard InChI is InChI=1S/C15H12N2O6/c18-11-4-5-12(19)16(11)10-3-1-2-9(8-10)15(22)23-17-13(20)6-7-14(17)21/h1-3,8H,4-7H2. The smallest absolute Gasteiger partial charge is 0.325 e. The van der Waals surface area contributed by atoms with Gasteiger partial charge in [0.1, 0.15) is 0 Å². The molecule has 3 rings (SSSR count). The Hall–Kier alpha value is -3.03. The first-order valence-electron chi connectivity index (χ1n) is 7.01. The van der Waals surface area contributed by atoms with Crippen molar-refractivity contribution in [3.63, 3.8) is 0 Å². The van der Waals surface area contributed by atoms with Crippen LogP contribution in [0.1, 0.15) is 36.0 Å². The number of rotatable bonds is 3. The van der Waals surface area contributed by atoms with Crippen LogP contribution in [0.4, 0.5) is 5.69 Å². The van der Waals surface area contributed by atoms with Crippen LogP contribution >= 0.6 is 0 Å². The Balaban J connectivity index is 1.81. The predicted octanol–water partition coefficient (Wildman–Crippen LogP) is 0.561. The number of benzene rings is 1. The van der Waals surface area contributed by atoms with Gasteiger partial charge < -0.3 is 4.84 Å². The quantitative estimate of drug-likeness (QED) is 0.755. The summed E-state index contributed by atoms with van der Waals surface area (Å²) >= 11 is 0. The molecule has 0 atom stereocenters. The Bertz CT molecular complexity index is 709. The lowest BCUT2D eigenvalue weighted by Crippen LogP contribution is -2.32. The summed E-state index contributed by atoms with van der Waals surface area (Å²) in [6.07, 6.45) is 0.264. The molecule has 2 heterocycles. The maximum Gasteiger partial charge on any atom is 0.363 e. The van der Waals surface area contributed by atoms with Crippen LogP contribution in [-0.4, -0.2) is 34.7 Å². The van der Waals surface area contributed by atoms with E-state index in [9.17, 15) is 24.0 Å². The molecule has 0 radical (unpaired) electrons. The number of anilines is 1. The molecule has 0 bridgehead atoms. The highest BCUT2D eigenvalue weighted by Gasteiger charge is 2.34. The van der Waals surface area contributed by atoms with Crippen LogP contribution in [0.2, 0.25) is 0 Å². The molecule has 118 valence electrons. The van der Waals surface area contributed by atoms with Gasteiger partial charge in [-0.15, -0.1) is 5.06 Å². The van der Waals surface area contributed by atoms with Gasteiger partial charge in [0, 0.05) is 25.7 Å². The van der Waals surface area contributed by atoms with Crippen molar-refractivity contribution in [1.82, 2.24) is 5.06 Å². The van der Waals surface area contributed by atoms with Crippen molar-refractivity contribution in [2.24, 2.45) is 0 Å². The zero-order chi connectivity index (χ0) is 16.6. The van der Waals surface area contributed by atoms with E-state index in [4.69, 9.17) is 4.84 Å². The molecule has 0 spiro atoms. The third kappa shape index (κ3) is 2.70. The third-order valence-electron chi connectivity index (χ3n) is 3.57. The molecule has 0 aromatic heterocycles. The second-order valence-corrected chi connectivity index (χ2v) is 5.13. The normalized spacial score (nSPS) is 18.1. The van der Waals surface area contributed by atoms with Crippen molar-refractivity contribution in [3.8, 4) is 0 Å². The topological polar surface area (TPSA) is 101 Å². The van der Waals surface area contributed by atoms with Crippen LogP contribution in [0.25, 0.3) is 0 Å². The van der Waals surface area contributed by atoms with Crippen LogP contribution in [0, 0.1) is 0 Å². The molecule has 4 amide bonds. The van der Waals surface area contributed by atoms with Gasteiger partial charge in [0.05, 0.1) is 11.3 Å². The van der Waals surface area contributed by atoms with E-state index < -0.39 is 17.8 Å². The van der Waals surface area contributed by atoms with Crippen molar-refractivity contribution in [2.45, 2.75) is 25.7 Å². The highest BCUT2D eigenvalue weighted by atomic mass is 16.7. The monoisotopic (exact) mass is 316 g/mol. The fourth-order valence-electron chi connectivity index (χ4n) is 2.43. The van der Waals surface area contributed by atoms with Gasteiger partial charge in [-0.05, 0) is 18.2 Å². The average Bonchev–Trinajstić information content (AvgIpc) is 3.03. The number of hydrogen-bond acceptors (Lipinski definition) is 6. The molecule has 2 aliphatic rings. The SMILES string of the molecule is O=C(ON1C(=O)CCC1=O)c1cccc(N2C(=O)CCC2=O)c1. The lowest BCUT2D eigenvalue weighted by molar-refractivity contribution is -0.172. The summed E-state index contributed by atoms with van der Waals surface area (Å²) in [5.74, 6) is -2.75. The second-order valence-electron chi connectivity index (χ2n) is 5.13. The van der Waals surface area contributed by atoms with E-state index >= 15 is 0 Å². The minimum absolute atomic E-state index is 0.00291. The molecule has 8 nitrogen and oxygen atoms in total. The lowest BCUT2D eigenvalue weighted by atomic mass is 10.2. The number of carbonyl (C=O) groups is 5. The van der Waals surface area contributed by atoms with Crippen molar-refractivity contribution in [3.05, 3.63) is 29.8 Å². The molecular formula is C15H12N2O6. The molecule has 8 heteroatoms. The fourth-order valence-corrected chi connectivity index (χ4v) is 2.43. The number of nitrogens with zero attached hydrogens (tertiary/aromatic N) is 2. The molecule has 23 heavy (non-hydrogen) atoms. The van der Waals surface area contributed by atoms with Gasteiger partial charge in [-0.3, -0.25) is 24.1 Å². The van der Waals surface area contributed by atoms with E-state index in [0.717, 1.165) is 4.90 Å². The lowest BCUT2D eigenvalue weighted by Gasteiger charge is -2.16. The van der Waals surface area contributed by atoms with E-state index in [1.54, 1.807) is 0 Å². The summed E-state index contributed by atoms with van der Waals surface area (Å²) in [5, 5.41) is 0.446. The number of imide groups is 2. The largest absolute Gasteiger partial charge is 0.363 e. The van der Waals surface area contributed by atoms with E-state index in [0.29, 0.717) is 5.06 Å². The first-order chi connectivity index (χ1) is 11.0. The molecule has 2 aliphatic heterocycles. The summed E-state index contributed by atoms with van der Waals surface area (Å²) in [7, 11) is 0. The fraction of sp³-hybridized carbons (Fsp3) is 0.267. The Morgan fingerprint density at radius 2 is 1.43 bits per heavy atom. The van der Waals surface area contributed by atoms with Crippen molar-refractivity contribution < 1.29 is 28.8 Å². The Kier molecular flexibility index (Phi) is 3.65. The van der Waals surface area contributed by atoms with Gasteiger partial charge in [-0.1, -0.05) is 6.07 Å². The van der Waals surface area contributed by atoms with Gasteiger partial charge in [-0.2, -0.15) is 0 Å². The summed E-state index contributed by atoms with van der Waals surface area (Å²) in [4.78, 5) is 64.2. The number of hydroxylamine groups is 2. The van der Waals surface area contributed by atoms with E-state index in [1.807, 2.05) is 0 Å². The Labute approximate surface area is 130 Å². The molecule has 0 unspecified atom stereocenters. The van der Waals surface area contributed by atoms with Crippen LogP contribution in [0.15, 0.2) is 24.3 Å². The van der Waals surface area contributed by atoms with E-state index in [-0.39, 0.29) is 48.7 Å². The molecular weight excluding hydrogens is 304 g/mol. The van der Waals surface area contributed by atoms with Gasteiger partial charge in [0.2, 0.25) is 11.8 Å². The van der Waals surface area contributed by atoms with Crippen LogP contribution in [0.5, 0.6) is 0 Å².